The fraction of sp³-hybridized carbons (Fsp3) is 0.300. The number of rotatable bonds is 7. The zero-order valence-corrected chi connectivity index (χ0v) is 17.9. The van der Waals surface area contributed by atoms with Crippen LogP contribution in [0.2, 0.25) is 0 Å². The highest BCUT2D eigenvalue weighted by Gasteiger charge is 2.37. The van der Waals surface area contributed by atoms with Crippen LogP contribution in [-0.2, 0) is 22.6 Å². The number of thioether (sulfide) groups is 1. The van der Waals surface area contributed by atoms with Crippen molar-refractivity contribution in [2.45, 2.75) is 11.8 Å². The lowest BCUT2D eigenvalue weighted by atomic mass is 9.96. The molecule has 0 aliphatic carbocycles. The molecule has 2 aliphatic rings. The molecule has 2 aromatic rings. The minimum absolute atomic E-state index is 0.110. The van der Waals surface area contributed by atoms with Gasteiger partial charge in [0.25, 0.3) is 0 Å². The normalized spacial score (nSPS) is 19.8. The molecule has 2 aromatic heterocycles. The molecule has 9 heteroatoms. The first-order valence-electron chi connectivity index (χ1n) is 9.23. The first kappa shape index (κ1) is 19.9. The van der Waals surface area contributed by atoms with Crippen LogP contribution in [0.1, 0.15) is 17.7 Å². The number of nitrogens with zero attached hydrogens (tertiary/aromatic N) is 3. The van der Waals surface area contributed by atoms with E-state index >= 15 is 0 Å². The van der Waals surface area contributed by atoms with Crippen molar-refractivity contribution in [2.24, 2.45) is 12.8 Å². The predicted octanol–water partition coefficient (Wildman–Crippen LogP) is 2.20. The monoisotopic (exact) mass is 429 g/mol. The second kappa shape index (κ2) is 8.56. The summed E-state index contributed by atoms with van der Waals surface area (Å²) in [6.07, 6.45) is 9.97. The number of hydrogen-bond acceptors (Lipinski definition) is 7. The Morgan fingerprint density at radius 1 is 1.38 bits per heavy atom. The number of allylic oxidation sites excluding steroid dienone is 2. The van der Waals surface area contributed by atoms with E-state index in [9.17, 15) is 4.21 Å². The van der Waals surface area contributed by atoms with Crippen LogP contribution in [0.15, 0.2) is 58.6 Å². The maximum absolute atomic E-state index is 12.9. The van der Waals surface area contributed by atoms with Crippen molar-refractivity contribution < 1.29 is 8.95 Å². The van der Waals surface area contributed by atoms with Crippen LogP contribution in [0, 0.1) is 0 Å². The van der Waals surface area contributed by atoms with Crippen LogP contribution in [0.4, 0.5) is 0 Å². The molecule has 4 rings (SSSR count). The largest absolute Gasteiger partial charge is 0.397 e. The third-order valence-corrected chi connectivity index (χ3v) is 7.98. The lowest BCUT2D eigenvalue weighted by molar-refractivity contribution is 0.200. The van der Waals surface area contributed by atoms with Gasteiger partial charge in [0.2, 0.25) is 0 Å². The van der Waals surface area contributed by atoms with Gasteiger partial charge in [-0.05, 0) is 24.6 Å². The molecular weight excluding hydrogens is 406 g/mol. The van der Waals surface area contributed by atoms with Gasteiger partial charge in [-0.1, -0.05) is 11.8 Å². The molecule has 2 atom stereocenters. The van der Waals surface area contributed by atoms with E-state index in [1.807, 2.05) is 36.1 Å². The van der Waals surface area contributed by atoms with Gasteiger partial charge >= 0.3 is 0 Å². The Kier molecular flexibility index (Phi) is 5.89. The molecule has 4 heterocycles. The van der Waals surface area contributed by atoms with Crippen molar-refractivity contribution in [2.75, 3.05) is 19.5 Å². The summed E-state index contributed by atoms with van der Waals surface area (Å²) < 4.78 is 20.7. The van der Waals surface area contributed by atoms with E-state index in [1.165, 1.54) is 11.8 Å². The van der Waals surface area contributed by atoms with Crippen molar-refractivity contribution >= 4 is 33.8 Å². The molecule has 1 unspecified atom stereocenters. The molecule has 0 aromatic carbocycles. The zero-order chi connectivity index (χ0) is 20.4. The molecule has 2 aliphatic heterocycles. The van der Waals surface area contributed by atoms with Crippen LogP contribution in [-0.4, -0.2) is 43.6 Å². The number of hydrogen-bond donors (Lipinski definition) is 2. The summed E-state index contributed by atoms with van der Waals surface area (Å²) in [5.41, 5.74) is 12.0. The summed E-state index contributed by atoms with van der Waals surface area (Å²) in [6, 6.07) is 3.92. The Labute approximate surface area is 176 Å². The highest BCUT2D eigenvalue weighted by Crippen LogP contribution is 2.46. The zero-order valence-electron chi connectivity index (χ0n) is 16.3. The summed E-state index contributed by atoms with van der Waals surface area (Å²) in [5, 5.41) is 3.43. The molecule has 0 bridgehead atoms. The van der Waals surface area contributed by atoms with Gasteiger partial charge < -0.3 is 20.4 Å². The molecule has 3 N–H and O–H groups in total. The van der Waals surface area contributed by atoms with E-state index in [1.54, 1.807) is 19.6 Å². The first-order chi connectivity index (χ1) is 14.1. The summed E-state index contributed by atoms with van der Waals surface area (Å²) in [4.78, 5) is 8.50. The second-order valence-corrected chi connectivity index (χ2v) is 9.64. The third-order valence-electron chi connectivity index (χ3n) is 4.81. The number of fused-ring (bicyclic) bond motifs is 1. The van der Waals surface area contributed by atoms with Crippen LogP contribution >= 0.6 is 11.8 Å². The number of imidazole rings is 1. The molecular formula is C20H23N5O2S2. The summed E-state index contributed by atoms with van der Waals surface area (Å²) >= 11 is 1.53. The lowest BCUT2D eigenvalue weighted by Gasteiger charge is -2.26. The number of ether oxygens (including phenoxy) is 1. The molecule has 7 nitrogen and oxygen atoms in total. The fourth-order valence-electron chi connectivity index (χ4n) is 3.39. The van der Waals surface area contributed by atoms with Crippen LogP contribution in [0.3, 0.4) is 0 Å². The molecule has 0 amide bonds. The maximum Gasteiger partial charge on any atom is 0.106 e. The average Bonchev–Trinajstić information content (AvgIpc) is 3.31. The minimum Gasteiger partial charge on any atom is -0.397 e. The molecule has 0 saturated carbocycles. The number of nitrogens with two attached hydrogens (primary N) is 1. The van der Waals surface area contributed by atoms with Gasteiger partial charge in [0, 0.05) is 61.3 Å². The Hall–Kier alpha value is -2.36. The van der Waals surface area contributed by atoms with Crippen molar-refractivity contribution in [1.82, 2.24) is 19.9 Å². The smallest absolute Gasteiger partial charge is 0.106 e. The van der Waals surface area contributed by atoms with Gasteiger partial charge in [-0.3, -0.25) is 9.19 Å². The van der Waals surface area contributed by atoms with E-state index < -0.39 is 10.8 Å². The Morgan fingerprint density at radius 3 is 2.93 bits per heavy atom. The van der Waals surface area contributed by atoms with Gasteiger partial charge in [0.15, 0.2) is 0 Å². The second-order valence-electron chi connectivity index (χ2n) is 6.76. The molecule has 0 spiro atoms. The summed E-state index contributed by atoms with van der Waals surface area (Å²) in [5.74, 6) is 0.529. The first-order valence-corrected chi connectivity index (χ1v) is 11.4. The molecule has 152 valence electrons. The van der Waals surface area contributed by atoms with Gasteiger partial charge in [-0.2, -0.15) is 0 Å². The van der Waals surface area contributed by atoms with Crippen molar-refractivity contribution in [3.63, 3.8) is 0 Å². The van der Waals surface area contributed by atoms with E-state index in [0.717, 1.165) is 38.8 Å². The number of aromatic nitrogens is 3. The van der Waals surface area contributed by atoms with E-state index in [-0.39, 0.29) is 5.37 Å². The Bertz CT molecular complexity index is 1030. The van der Waals surface area contributed by atoms with E-state index in [0.29, 0.717) is 18.1 Å². The van der Waals surface area contributed by atoms with Crippen LogP contribution < -0.4 is 11.1 Å². The Balaban J connectivity index is 1.77. The molecule has 29 heavy (non-hydrogen) atoms. The number of pyridine rings is 1. The highest BCUT2D eigenvalue weighted by molar-refractivity contribution is 8.17. The molecule has 0 fully saturated rings. The van der Waals surface area contributed by atoms with Crippen molar-refractivity contribution in [3.8, 4) is 0 Å². The quantitative estimate of drug-likeness (QED) is 0.652. The summed E-state index contributed by atoms with van der Waals surface area (Å²) in [6.45, 7) is 0.584. The highest BCUT2D eigenvalue weighted by atomic mass is 32.2. The number of methoxy groups -OCH3 is 1. The standard InChI is InChI=1S/C20H23N5O2S2/c1-25-12-23-11-16(25)14-9-15(13-5-3-6-22-10-13)24-19-17(14)18(21)20(28-19)29(26)8-4-7-27-2/h3,5-6,9-12,19,24H,4,7-8,21H2,1-2H3/t19?,29-/m0/s1. The molecule has 0 radical (unpaired) electrons. The van der Waals surface area contributed by atoms with Crippen LogP contribution in [0.25, 0.3) is 11.3 Å². The van der Waals surface area contributed by atoms with Gasteiger partial charge in [-0.25, -0.2) is 4.98 Å². The van der Waals surface area contributed by atoms with Gasteiger partial charge in [0.1, 0.15) is 5.37 Å². The SMILES string of the molecule is COCCC[S@](=O)C1=C(N)C2=C(c3cncn3C)C=C(c3cccnc3)NC2S1. The van der Waals surface area contributed by atoms with Gasteiger partial charge in [-0.15, -0.1) is 0 Å². The predicted molar refractivity (Wildman–Crippen MR) is 118 cm³/mol. The van der Waals surface area contributed by atoms with Crippen molar-refractivity contribution in [3.05, 3.63) is 69.9 Å². The van der Waals surface area contributed by atoms with Crippen molar-refractivity contribution in [1.29, 1.82) is 0 Å². The topological polar surface area (TPSA) is 95.1 Å². The number of aryl methyl sites for hydroxylation is 1. The summed E-state index contributed by atoms with van der Waals surface area (Å²) in [7, 11) is 2.44. The lowest BCUT2D eigenvalue weighted by Crippen LogP contribution is -2.30. The Morgan fingerprint density at radius 2 is 2.24 bits per heavy atom. The van der Waals surface area contributed by atoms with E-state index in [4.69, 9.17) is 10.5 Å². The fourth-order valence-corrected chi connectivity index (χ4v) is 6.29. The van der Waals surface area contributed by atoms with Gasteiger partial charge in [0.05, 0.1) is 39.0 Å². The number of dihydropyridines is 1. The molecule has 0 saturated heterocycles. The van der Waals surface area contributed by atoms with Crippen LogP contribution in [0.5, 0.6) is 0 Å². The van der Waals surface area contributed by atoms with E-state index in [2.05, 4.69) is 21.4 Å². The number of nitrogens with one attached hydrogen (secondary N) is 1. The minimum atomic E-state index is -1.16. The third kappa shape index (κ3) is 3.90. The maximum atomic E-state index is 12.9. The average molecular weight is 430 g/mol.